The molecule has 0 aromatic carbocycles. The highest BCUT2D eigenvalue weighted by Gasteiger charge is 2.41. The average Bonchev–Trinajstić information content (AvgIpc) is 3.03. The number of aromatic nitrogens is 3. The van der Waals surface area contributed by atoms with E-state index in [1.54, 1.807) is 0 Å². The molecule has 2 bridgehead atoms. The predicted molar refractivity (Wildman–Crippen MR) is 65.9 cm³/mol. The molecular formula is C13H16N4. The van der Waals surface area contributed by atoms with Crippen LogP contribution in [0.25, 0.3) is 11.2 Å². The van der Waals surface area contributed by atoms with E-state index in [0.717, 1.165) is 17.0 Å². The first-order valence-corrected chi connectivity index (χ1v) is 6.38. The molecule has 0 aliphatic carbocycles. The largest absolute Gasteiger partial charge is 0.340 e. The van der Waals surface area contributed by atoms with Crippen LogP contribution in [0.5, 0.6) is 0 Å². The fourth-order valence-electron chi connectivity index (χ4n) is 3.36. The first-order valence-electron chi connectivity index (χ1n) is 6.38. The van der Waals surface area contributed by atoms with Gasteiger partial charge in [0.25, 0.3) is 0 Å². The summed E-state index contributed by atoms with van der Waals surface area (Å²) < 4.78 is 0. The van der Waals surface area contributed by atoms with Crippen molar-refractivity contribution in [3.05, 3.63) is 23.7 Å². The van der Waals surface area contributed by atoms with Crippen LogP contribution in [-0.2, 0) is 0 Å². The van der Waals surface area contributed by atoms with Crippen LogP contribution in [0.4, 0.5) is 0 Å². The molecule has 0 amide bonds. The number of fused-ring (bicyclic) bond motifs is 3. The first-order chi connectivity index (χ1) is 8.31. The van der Waals surface area contributed by atoms with Gasteiger partial charge in [-0.3, -0.25) is 0 Å². The summed E-state index contributed by atoms with van der Waals surface area (Å²) in [6.45, 7) is 2.10. The summed E-state index contributed by atoms with van der Waals surface area (Å²) in [6.07, 6.45) is 5.68. The van der Waals surface area contributed by atoms with Crippen LogP contribution in [0.3, 0.4) is 0 Å². The number of hydrogen-bond donors (Lipinski definition) is 2. The van der Waals surface area contributed by atoms with Crippen molar-refractivity contribution in [3.8, 4) is 0 Å². The van der Waals surface area contributed by atoms with E-state index in [1.165, 1.54) is 24.8 Å². The Morgan fingerprint density at radius 1 is 1.35 bits per heavy atom. The van der Waals surface area contributed by atoms with Crippen molar-refractivity contribution >= 4 is 11.2 Å². The third kappa shape index (κ3) is 1.33. The first kappa shape index (κ1) is 9.59. The van der Waals surface area contributed by atoms with Gasteiger partial charge in [-0.25, -0.2) is 9.97 Å². The lowest BCUT2D eigenvalue weighted by molar-refractivity contribution is 0.490. The molecule has 17 heavy (non-hydrogen) atoms. The predicted octanol–water partition coefficient (Wildman–Crippen LogP) is 1.87. The van der Waals surface area contributed by atoms with Gasteiger partial charge >= 0.3 is 0 Å². The minimum atomic E-state index is 0.558. The summed E-state index contributed by atoms with van der Waals surface area (Å²) in [4.78, 5) is 12.5. The summed E-state index contributed by atoms with van der Waals surface area (Å²) >= 11 is 0. The summed E-state index contributed by atoms with van der Waals surface area (Å²) in [7, 11) is 0. The molecule has 4 rings (SSSR count). The number of hydrogen-bond acceptors (Lipinski definition) is 3. The zero-order valence-electron chi connectivity index (χ0n) is 9.90. The second-order valence-electron chi connectivity index (χ2n) is 5.34. The average molecular weight is 228 g/mol. The van der Waals surface area contributed by atoms with E-state index in [-0.39, 0.29) is 0 Å². The van der Waals surface area contributed by atoms with Crippen LogP contribution in [0.15, 0.2) is 12.3 Å². The Morgan fingerprint density at radius 2 is 2.29 bits per heavy atom. The van der Waals surface area contributed by atoms with Crippen molar-refractivity contribution in [1.82, 2.24) is 20.3 Å². The van der Waals surface area contributed by atoms with Gasteiger partial charge in [-0.2, -0.15) is 0 Å². The maximum absolute atomic E-state index is 4.67. The summed E-state index contributed by atoms with van der Waals surface area (Å²) in [5, 5.41) is 3.65. The van der Waals surface area contributed by atoms with Crippen molar-refractivity contribution in [1.29, 1.82) is 0 Å². The number of aryl methyl sites for hydroxylation is 1. The van der Waals surface area contributed by atoms with Crippen LogP contribution >= 0.6 is 0 Å². The second kappa shape index (κ2) is 3.29. The van der Waals surface area contributed by atoms with E-state index in [9.17, 15) is 0 Å². The van der Waals surface area contributed by atoms with E-state index in [2.05, 4.69) is 27.2 Å². The third-order valence-corrected chi connectivity index (χ3v) is 4.27. The summed E-state index contributed by atoms with van der Waals surface area (Å²) in [6, 6.07) is 3.37. The Kier molecular flexibility index (Phi) is 1.86. The molecule has 2 aliphatic heterocycles. The monoisotopic (exact) mass is 228 g/mol. The van der Waals surface area contributed by atoms with Gasteiger partial charge in [0, 0.05) is 24.2 Å². The number of rotatable bonds is 1. The van der Waals surface area contributed by atoms with Gasteiger partial charge in [0.2, 0.25) is 0 Å². The fourth-order valence-corrected chi connectivity index (χ4v) is 3.36. The van der Waals surface area contributed by atoms with Crippen molar-refractivity contribution in [3.63, 3.8) is 0 Å². The van der Waals surface area contributed by atoms with Crippen molar-refractivity contribution in [2.75, 3.05) is 0 Å². The molecule has 4 nitrogen and oxygen atoms in total. The SMILES string of the molecule is Cc1ccnc2nc(C3CC4CCC3N4)[nH]c12. The van der Waals surface area contributed by atoms with Gasteiger partial charge in [-0.15, -0.1) is 0 Å². The maximum atomic E-state index is 4.67. The van der Waals surface area contributed by atoms with Crippen molar-refractivity contribution < 1.29 is 0 Å². The van der Waals surface area contributed by atoms with Gasteiger partial charge in [-0.1, -0.05) is 0 Å². The lowest BCUT2D eigenvalue weighted by Gasteiger charge is -2.17. The zero-order chi connectivity index (χ0) is 11.4. The molecule has 4 heterocycles. The van der Waals surface area contributed by atoms with Gasteiger partial charge in [-0.05, 0) is 37.8 Å². The maximum Gasteiger partial charge on any atom is 0.177 e. The summed E-state index contributed by atoms with van der Waals surface area (Å²) in [5.74, 6) is 1.68. The van der Waals surface area contributed by atoms with Crippen molar-refractivity contribution in [2.45, 2.75) is 44.2 Å². The van der Waals surface area contributed by atoms with Crippen LogP contribution in [0.1, 0.15) is 36.6 Å². The quantitative estimate of drug-likeness (QED) is 0.783. The lowest BCUT2D eigenvalue weighted by Crippen LogP contribution is -2.22. The smallest absolute Gasteiger partial charge is 0.177 e. The van der Waals surface area contributed by atoms with E-state index in [0.29, 0.717) is 18.0 Å². The minimum Gasteiger partial charge on any atom is -0.340 e. The summed E-state index contributed by atoms with van der Waals surface area (Å²) in [5.41, 5.74) is 3.19. The second-order valence-corrected chi connectivity index (χ2v) is 5.34. The zero-order valence-corrected chi connectivity index (χ0v) is 9.90. The minimum absolute atomic E-state index is 0.558. The third-order valence-electron chi connectivity index (χ3n) is 4.27. The molecule has 88 valence electrons. The van der Waals surface area contributed by atoms with Gasteiger partial charge in [0.15, 0.2) is 5.65 Å². The number of pyridine rings is 1. The number of H-pyrrole nitrogens is 1. The molecule has 0 saturated carbocycles. The molecule has 3 atom stereocenters. The van der Waals surface area contributed by atoms with E-state index >= 15 is 0 Å². The molecule has 2 aromatic rings. The Balaban J connectivity index is 1.79. The van der Waals surface area contributed by atoms with Crippen LogP contribution in [0.2, 0.25) is 0 Å². The fraction of sp³-hybridized carbons (Fsp3) is 0.538. The van der Waals surface area contributed by atoms with Crippen LogP contribution in [0, 0.1) is 6.92 Å². The van der Waals surface area contributed by atoms with Gasteiger partial charge in [0.1, 0.15) is 5.82 Å². The van der Waals surface area contributed by atoms with E-state index < -0.39 is 0 Å². The molecule has 2 aliphatic rings. The van der Waals surface area contributed by atoms with Crippen LogP contribution < -0.4 is 5.32 Å². The number of imidazole rings is 1. The molecule has 2 saturated heterocycles. The Morgan fingerprint density at radius 3 is 3.00 bits per heavy atom. The van der Waals surface area contributed by atoms with Gasteiger partial charge < -0.3 is 10.3 Å². The molecule has 0 radical (unpaired) electrons. The topological polar surface area (TPSA) is 53.6 Å². The molecule has 3 unspecified atom stereocenters. The standard InChI is InChI=1S/C13H16N4/c1-7-4-5-14-13-11(7)16-12(17-13)9-6-8-2-3-10(9)15-8/h4-5,8-10,15H,2-3,6H2,1H3,(H,14,16,17). The molecule has 2 fully saturated rings. The lowest BCUT2D eigenvalue weighted by atomic mass is 9.89. The highest BCUT2D eigenvalue weighted by atomic mass is 15.1. The molecule has 0 spiro atoms. The Hall–Kier alpha value is -1.42. The van der Waals surface area contributed by atoms with Gasteiger partial charge in [0.05, 0.1) is 5.52 Å². The highest BCUT2D eigenvalue weighted by molar-refractivity contribution is 5.74. The highest BCUT2D eigenvalue weighted by Crippen LogP contribution is 2.39. The number of nitrogens with one attached hydrogen (secondary N) is 2. The molecule has 2 N–H and O–H groups in total. The molecule has 2 aromatic heterocycles. The number of aromatic amines is 1. The van der Waals surface area contributed by atoms with Crippen LogP contribution in [-0.4, -0.2) is 27.0 Å². The van der Waals surface area contributed by atoms with E-state index in [1.807, 2.05) is 12.3 Å². The molecule has 4 heteroatoms. The Bertz CT molecular complexity index is 574. The number of nitrogens with zero attached hydrogens (tertiary/aromatic N) is 2. The normalized spacial score (nSPS) is 31.5. The van der Waals surface area contributed by atoms with Crippen molar-refractivity contribution in [2.24, 2.45) is 0 Å². The Labute approximate surface area is 99.9 Å². The molecular weight excluding hydrogens is 212 g/mol. The van der Waals surface area contributed by atoms with E-state index in [4.69, 9.17) is 0 Å².